The topological polar surface area (TPSA) is 49.9 Å². The van der Waals surface area contributed by atoms with Crippen molar-refractivity contribution in [1.29, 1.82) is 0 Å². The molecule has 0 atom stereocenters. The molecule has 3 rings (SSSR count). The summed E-state index contributed by atoms with van der Waals surface area (Å²) in [6, 6.07) is 4.28. The summed E-state index contributed by atoms with van der Waals surface area (Å²) in [5, 5.41) is 3.27. The number of imidazole rings is 1. The monoisotopic (exact) mass is 257 g/mol. The molecule has 1 aromatic heterocycles. The normalized spacial score (nSPS) is 15.3. The van der Waals surface area contributed by atoms with Crippen LogP contribution in [0.4, 0.5) is 0 Å². The van der Waals surface area contributed by atoms with Gasteiger partial charge >= 0.3 is 0 Å². The SMILES string of the molecule is COc1c(C)cc(-c2cnc(C3CNC3)[nH]2)cc1C. The number of H-pyrrole nitrogens is 1. The Kier molecular flexibility index (Phi) is 3.03. The van der Waals surface area contributed by atoms with Gasteiger partial charge in [-0.1, -0.05) is 0 Å². The summed E-state index contributed by atoms with van der Waals surface area (Å²) in [5.74, 6) is 2.58. The van der Waals surface area contributed by atoms with Gasteiger partial charge in [-0.3, -0.25) is 0 Å². The van der Waals surface area contributed by atoms with Crippen LogP contribution in [0.2, 0.25) is 0 Å². The minimum absolute atomic E-state index is 0.536. The third-order valence-electron chi connectivity index (χ3n) is 3.74. The lowest BCUT2D eigenvalue weighted by molar-refractivity contribution is 0.408. The molecule has 0 bridgehead atoms. The van der Waals surface area contributed by atoms with Gasteiger partial charge in [0.2, 0.25) is 0 Å². The van der Waals surface area contributed by atoms with Crippen LogP contribution in [0, 0.1) is 13.8 Å². The third-order valence-corrected chi connectivity index (χ3v) is 3.74. The summed E-state index contributed by atoms with van der Waals surface area (Å²) in [6.07, 6.45) is 1.92. The van der Waals surface area contributed by atoms with Crippen LogP contribution in [0.5, 0.6) is 5.75 Å². The van der Waals surface area contributed by atoms with E-state index >= 15 is 0 Å². The third kappa shape index (κ3) is 2.12. The second-order valence-electron chi connectivity index (χ2n) is 5.18. The van der Waals surface area contributed by atoms with Gasteiger partial charge in [-0.2, -0.15) is 0 Å². The zero-order valence-electron chi connectivity index (χ0n) is 11.6. The van der Waals surface area contributed by atoms with Gasteiger partial charge in [-0.15, -0.1) is 0 Å². The number of aromatic nitrogens is 2. The fourth-order valence-electron chi connectivity index (χ4n) is 2.60. The van der Waals surface area contributed by atoms with Gasteiger partial charge in [-0.25, -0.2) is 4.98 Å². The van der Waals surface area contributed by atoms with Crippen LogP contribution in [0.1, 0.15) is 22.9 Å². The van der Waals surface area contributed by atoms with Crippen molar-refractivity contribution in [3.63, 3.8) is 0 Å². The average Bonchev–Trinajstić information content (AvgIpc) is 2.75. The molecule has 100 valence electrons. The van der Waals surface area contributed by atoms with E-state index in [9.17, 15) is 0 Å². The highest BCUT2D eigenvalue weighted by atomic mass is 16.5. The molecule has 0 aliphatic carbocycles. The molecule has 1 saturated heterocycles. The van der Waals surface area contributed by atoms with E-state index in [0.717, 1.165) is 41.5 Å². The highest BCUT2D eigenvalue weighted by Crippen LogP contribution is 2.30. The summed E-state index contributed by atoms with van der Waals surface area (Å²) < 4.78 is 5.40. The summed E-state index contributed by atoms with van der Waals surface area (Å²) in [6.45, 7) is 6.19. The second kappa shape index (κ2) is 4.70. The predicted octanol–water partition coefficient (Wildman–Crippen LogP) is 2.39. The van der Waals surface area contributed by atoms with E-state index in [0.29, 0.717) is 5.92 Å². The number of rotatable bonds is 3. The molecule has 0 unspecified atom stereocenters. The van der Waals surface area contributed by atoms with Crippen LogP contribution < -0.4 is 10.1 Å². The van der Waals surface area contributed by atoms with Gasteiger partial charge in [0.1, 0.15) is 11.6 Å². The number of aryl methyl sites for hydroxylation is 2. The van der Waals surface area contributed by atoms with E-state index in [1.54, 1.807) is 7.11 Å². The molecule has 1 aliphatic rings. The standard InChI is InChI=1S/C15H19N3O/c1-9-4-11(5-10(2)14(9)19-3)13-8-17-15(18-13)12-6-16-7-12/h4-5,8,12,16H,6-7H2,1-3H3,(H,17,18). The number of nitrogens with zero attached hydrogens (tertiary/aromatic N) is 1. The van der Waals surface area contributed by atoms with Crippen LogP contribution in [-0.4, -0.2) is 30.2 Å². The van der Waals surface area contributed by atoms with Crippen LogP contribution in [-0.2, 0) is 0 Å². The van der Waals surface area contributed by atoms with E-state index in [1.807, 2.05) is 6.20 Å². The second-order valence-corrected chi connectivity index (χ2v) is 5.18. The number of methoxy groups -OCH3 is 1. The number of benzene rings is 1. The highest BCUT2D eigenvalue weighted by Gasteiger charge is 2.22. The van der Waals surface area contributed by atoms with E-state index in [-0.39, 0.29) is 0 Å². The molecular weight excluding hydrogens is 238 g/mol. The fourth-order valence-corrected chi connectivity index (χ4v) is 2.60. The summed E-state index contributed by atoms with van der Waals surface area (Å²) in [4.78, 5) is 7.92. The zero-order valence-corrected chi connectivity index (χ0v) is 11.6. The lowest BCUT2D eigenvalue weighted by Crippen LogP contribution is -2.40. The first-order valence-corrected chi connectivity index (χ1v) is 6.60. The smallest absolute Gasteiger partial charge is 0.124 e. The maximum absolute atomic E-state index is 5.40. The first kappa shape index (κ1) is 12.2. The fraction of sp³-hybridized carbons (Fsp3) is 0.400. The van der Waals surface area contributed by atoms with Gasteiger partial charge in [0.25, 0.3) is 0 Å². The molecule has 2 N–H and O–H groups in total. The van der Waals surface area contributed by atoms with Crippen molar-refractivity contribution in [1.82, 2.24) is 15.3 Å². The van der Waals surface area contributed by atoms with Gasteiger partial charge in [-0.05, 0) is 37.1 Å². The zero-order chi connectivity index (χ0) is 13.4. The Balaban J connectivity index is 1.95. The van der Waals surface area contributed by atoms with Gasteiger partial charge in [0, 0.05) is 24.6 Å². The Morgan fingerprint density at radius 3 is 2.42 bits per heavy atom. The van der Waals surface area contributed by atoms with Crippen LogP contribution in [0.3, 0.4) is 0 Å². The van der Waals surface area contributed by atoms with Crippen molar-refractivity contribution in [3.05, 3.63) is 35.3 Å². The molecule has 4 heteroatoms. The van der Waals surface area contributed by atoms with Gasteiger partial charge < -0.3 is 15.0 Å². The van der Waals surface area contributed by atoms with Crippen molar-refractivity contribution in [2.24, 2.45) is 0 Å². The first-order valence-electron chi connectivity index (χ1n) is 6.60. The van der Waals surface area contributed by atoms with Crippen molar-refractivity contribution < 1.29 is 4.74 Å². The largest absolute Gasteiger partial charge is 0.496 e. The lowest BCUT2D eigenvalue weighted by Gasteiger charge is -2.24. The van der Waals surface area contributed by atoms with Crippen LogP contribution in [0.25, 0.3) is 11.3 Å². The molecule has 0 saturated carbocycles. The maximum Gasteiger partial charge on any atom is 0.124 e. The first-order chi connectivity index (χ1) is 9.19. The van der Waals surface area contributed by atoms with Crippen LogP contribution in [0.15, 0.2) is 18.3 Å². The van der Waals surface area contributed by atoms with Crippen molar-refractivity contribution >= 4 is 0 Å². The van der Waals surface area contributed by atoms with E-state index < -0.39 is 0 Å². The van der Waals surface area contributed by atoms with Crippen molar-refractivity contribution in [2.75, 3.05) is 20.2 Å². The number of hydrogen-bond acceptors (Lipinski definition) is 3. The quantitative estimate of drug-likeness (QED) is 0.887. The molecular formula is C15H19N3O. The van der Waals surface area contributed by atoms with Gasteiger partial charge in [0.15, 0.2) is 0 Å². The Hall–Kier alpha value is -1.81. The molecule has 1 aromatic carbocycles. The van der Waals surface area contributed by atoms with Crippen molar-refractivity contribution in [3.8, 4) is 17.0 Å². The van der Waals surface area contributed by atoms with Gasteiger partial charge in [0.05, 0.1) is 19.0 Å². The molecule has 0 radical (unpaired) electrons. The predicted molar refractivity (Wildman–Crippen MR) is 75.7 cm³/mol. The molecule has 1 aliphatic heterocycles. The number of ether oxygens (including phenoxy) is 1. The van der Waals surface area contributed by atoms with Crippen molar-refractivity contribution in [2.45, 2.75) is 19.8 Å². The van der Waals surface area contributed by atoms with E-state index in [4.69, 9.17) is 4.74 Å². The Morgan fingerprint density at radius 1 is 1.21 bits per heavy atom. The number of aromatic amines is 1. The molecule has 0 amide bonds. The molecule has 1 fully saturated rings. The Labute approximate surface area is 113 Å². The molecule has 4 nitrogen and oxygen atoms in total. The average molecular weight is 257 g/mol. The Bertz CT molecular complexity index is 576. The highest BCUT2D eigenvalue weighted by molar-refractivity contribution is 5.63. The van der Waals surface area contributed by atoms with E-state index in [1.165, 1.54) is 5.56 Å². The number of nitrogens with one attached hydrogen (secondary N) is 2. The van der Waals surface area contributed by atoms with E-state index in [2.05, 4.69) is 41.3 Å². The minimum Gasteiger partial charge on any atom is -0.496 e. The maximum atomic E-state index is 5.40. The minimum atomic E-state index is 0.536. The molecule has 19 heavy (non-hydrogen) atoms. The van der Waals surface area contributed by atoms with Crippen LogP contribution >= 0.6 is 0 Å². The lowest BCUT2D eigenvalue weighted by atomic mass is 10.0. The number of hydrogen-bond donors (Lipinski definition) is 2. The molecule has 0 spiro atoms. The summed E-state index contributed by atoms with van der Waals surface area (Å²) in [7, 11) is 1.72. The molecule has 2 heterocycles. The molecule has 2 aromatic rings. The summed E-state index contributed by atoms with van der Waals surface area (Å²) in [5.41, 5.74) is 4.55. The Morgan fingerprint density at radius 2 is 1.89 bits per heavy atom. The summed E-state index contributed by atoms with van der Waals surface area (Å²) >= 11 is 0.